The van der Waals surface area contributed by atoms with Crippen molar-refractivity contribution >= 4 is 21.4 Å². The van der Waals surface area contributed by atoms with Crippen molar-refractivity contribution in [1.82, 2.24) is 4.31 Å². The van der Waals surface area contributed by atoms with E-state index in [1.54, 1.807) is 11.9 Å². The molecule has 1 aromatic carbocycles. The first-order chi connectivity index (χ1) is 11.2. The van der Waals surface area contributed by atoms with Crippen LogP contribution in [0.3, 0.4) is 0 Å². The molecule has 0 radical (unpaired) electrons. The summed E-state index contributed by atoms with van der Waals surface area (Å²) in [6, 6.07) is 3.99. The van der Waals surface area contributed by atoms with E-state index in [9.17, 15) is 18.5 Å². The van der Waals surface area contributed by atoms with Crippen molar-refractivity contribution in [2.75, 3.05) is 44.8 Å². The zero-order valence-electron chi connectivity index (χ0n) is 13.8. The predicted molar refractivity (Wildman–Crippen MR) is 90.8 cm³/mol. The van der Waals surface area contributed by atoms with E-state index in [4.69, 9.17) is 4.74 Å². The third-order valence-electron chi connectivity index (χ3n) is 3.67. The molecular weight excluding hydrogens is 334 g/mol. The Kier molecular flexibility index (Phi) is 5.58. The van der Waals surface area contributed by atoms with E-state index in [0.717, 1.165) is 11.6 Å². The third-order valence-corrected chi connectivity index (χ3v) is 5.56. The predicted octanol–water partition coefficient (Wildman–Crippen LogP) is 1.63. The molecule has 1 aliphatic rings. The molecular formula is C15H21N3O5S. The SMILES string of the molecule is C=C(C)CN(C)c1ccc(S(=O)(=O)N2CCOCC2)cc1[N+](=O)[O-]. The van der Waals surface area contributed by atoms with E-state index in [1.165, 1.54) is 16.4 Å². The van der Waals surface area contributed by atoms with Gasteiger partial charge in [0.1, 0.15) is 5.69 Å². The second-order valence-electron chi connectivity index (χ2n) is 5.74. The largest absolute Gasteiger partial charge is 0.379 e. The Balaban J connectivity index is 2.41. The summed E-state index contributed by atoms with van der Waals surface area (Å²) in [5, 5.41) is 11.4. The number of benzene rings is 1. The van der Waals surface area contributed by atoms with Gasteiger partial charge in [-0.3, -0.25) is 10.1 Å². The third kappa shape index (κ3) is 3.92. The van der Waals surface area contributed by atoms with Gasteiger partial charge in [0.25, 0.3) is 5.69 Å². The van der Waals surface area contributed by atoms with E-state index in [-0.39, 0.29) is 23.7 Å². The first kappa shape index (κ1) is 18.4. The molecule has 0 bridgehead atoms. The number of ether oxygens (including phenoxy) is 1. The van der Waals surface area contributed by atoms with Gasteiger partial charge in [-0.25, -0.2) is 8.42 Å². The lowest BCUT2D eigenvalue weighted by Gasteiger charge is -2.26. The summed E-state index contributed by atoms with van der Waals surface area (Å²) in [7, 11) is -2.07. The van der Waals surface area contributed by atoms with Crippen LogP contribution >= 0.6 is 0 Å². The average molecular weight is 355 g/mol. The number of nitro groups is 1. The number of morpholine rings is 1. The lowest BCUT2D eigenvalue weighted by molar-refractivity contribution is -0.384. The standard InChI is InChI=1S/C15H21N3O5S/c1-12(2)11-16(3)14-5-4-13(10-15(14)18(19)20)24(21,22)17-6-8-23-9-7-17/h4-5,10H,1,6-9,11H2,2-3H3. The van der Waals surface area contributed by atoms with E-state index in [1.807, 2.05) is 6.92 Å². The van der Waals surface area contributed by atoms with Crippen LogP contribution in [0.5, 0.6) is 0 Å². The normalized spacial score (nSPS) is 15.9. The van der Waals surface area contributed by atoms with E-state index >= 15 is 0 Å². The molecule has 1 saturated heterocycles. The van der Waals surface area contributed by atoms with Gasteiger partial charge in [0.05, 0.1) is 23.0 Å². The minimum atomic E-state index is -3.77. The molecule has 8 nitrogen and oxygen atoms in total. The quantitative estimate of drug-likeness (QED) is 0.437. The molecule has 0 saturated carbocycles. The molecule has 0 atom stereocenters. The topological polar surface area (TPSA) is 93.0 Å². The van der Waals surface area contributed by atoms with Crippen LogP contribution in [0.25, 0.3) is 0 Å². The second-order valence-corrected chi connectivity index (χ2v) is 7.68. The molecule has 1 fully saturated rings. The summed E-state index contributed by atoms with van der Waals surface area (Å²) in [5.74, 6) is 0. The van der Waals surface area contributed by atoms with Crippen molar-refractivity contribution < 1.29 is 18.1 Å². The Morgan fingerprint density at radius 2 is 2.04 bits per heavy atom. The second kappa shape index (κ2) is 7.29. The van der Waals surface area contributed by atoms with Gasteiger partial charge in [0.15, 0.2) is 0 Å². The van der Waals surface area contributed by atoms with Crippen molar-refractivity contribution in [3.8, 4) is 0 Å². The summed E-state index contributed by atoms with van der Waals surface area (Å²) in [5.41, 5.74) is 0.953. The Labute approximate surface area is 141 Å². The Morgan fingerprint density at radius 3 is 2.58 bits per heavy atom. The van der Waals surface area contributed by atoms with E-state index in [0.29, 0.717) is 25.4 Å². The lowest BCUT2D eigenvalue weighted by Crippen LogP contribution is -2.40. The molecule has 2 rings (SSSR count). The van der Waals surface area contributed by atoms with E-state index in [2.05, 4.69) is 6.58 Å². The molecule has 1 aliphatic heterocycles. The zero-order chi connectivity index (χ0) is 17.9. The summed E-state index contributed by atoms with van der Waals surface area (Å²) >= 11 is 0. The van der Waals surface area contributed by atoms with Crippen LogP contribution in [0.1, 0.15) is 6.92 Å². The van der Waals surface area contributed by atoms with Crippen molar-refractivity contribution in [2.24, 2.45) is 0 Å². The number of nitro benzene ring substituents is 1. The average Bonchev–Trinajstić information content (AvgIpc) is 2.54. The molecule has 0 aliphatic carbocycles. The summed E-state index contributed by atoms with van der Waals surface area (Å²) in [4.78, 5) is 12.4. The molecule has 1 heterocycles. The molecule has 0 N–H and O–H groups in total. The smallest absolute Gasteiger partial charge is 0.293 e. The van der Waals surface area contributed by atoms with Gasteiger partial charge in [0.2, 0.25) is 10.0 Å². The molecule has 9 heteroatoms. The van der Waals surface area contributed by atoms with Crippen LogP contribution in [0.2, 0.25) is 0 Å². The lowest BCUT2D eigenvalue weighted by atomic mass is 10.2. The van der Waals surface area contributed by atoms with Crippen molar-refractivity contribution in [1.29, 1.82) is 0 Å². The fourth-order valence-corrected chi connectivity index (χ4v) is 3.99. The van der Waals surface area contributed by atoms with Crippen LogP contribution in [0.4, 0.5) is 11.4 Å². The highest BCUT2D eigenvalue weighted by Crippen LogP contribution is 2.31. The number of rotatable bonds is 6. The summed E-state index contributed by atoms with van der Waals surface area (Å²) < 4.78 is 31.7. The highest BCUT2D eigenvalue weighted by Gasteiger charge is 2.29. The molecule has 0 aromatic heterocycles. The first-order valence-electron chi connectivity index (χ1n) is 7.45. The number of hydrogen-bond donors (Lipinski definition) is 0. The monoisotopic (exact) mass is 355 g/mol. The molecule has 1 aromatic rings. The Morgan fingerprint density at radius 1 is 1.42 bits per heavy atom. The van der Waals surface area contributed by atoms with Gasteiger partial charge >= 0.3 is 0 Å². The van der Waals surface area contributed by atoms with Gasteiger partial charge in [-0.05, 0) is 19.1 Å². The van der Waals surface area contributed by atoms with Crippen LogP contribution in [0, 0.1) is 10.1 Å². The van der Waals surface area contributed by atoms with Crippen molar-refractivity contribution in [2.45, 2.75) is 11.8 Å². The van der Waals surface area contributed by atoms with Gasteiger partial charge in [-0.15, -0.1) is 0 Å². The maximum Gasteiger partial charge on any atom is 0.293 e. The van der Waals surface area contributed by atoms with Crippen LogP contribution in [0.15, 0.2) is 35.2 Å². The Bertz CT molecular complexity index is 741. The van der Waals surface area contributed by atoms with Crippen molar-refractivity contribution in [3.05, 3.63) is 40.5 Å². The number of anilines is 1. The molecule has 132 valence electrons. The maximum atomic E-state index is 12.6. The van der Waals surface area contributed by atoms with Crippen LogP contribution in [-0.4, -0.2) is 57.5 Å². The number of likely N-dealkylation sites (N-methyl/N-ethyl adjacent to an activating group) is 1. The van der Waals surface area contributed by atoms with Gasteiger partial charge in [-0.1, -0.05) is 12.2 Å². The molecule has 0 unspecified atom stereocenters. The van der Waals surface area contributed by atoms with Gasteiger partial charge in [-0.2, -0.15) is 4.31 Å². The highest BCUT2D eigenvalue weighted by atomic mass is 32.2. The first-order valence-corrected chi connectivity index (χ1v) is 8.89. The number of sulfonamides is 1. The van der Waals surface area contributed by atoms with Crippen LogP contribution in [-0.2, 0) is 14.8 Å². The van der Waals surface area contributed by atoms with Gasteiger partial charge < -0.3 is 9.64 Å². The van der Waals surface area contributed by atoms with Crippen molar-refractivity contribution in [3.63, 3.8) is 0 Å². The summed E-state index contributed by atoms with van der Waals surface area (Å²) in [6.45, 7) is 7.17. The minimum Gasteiger partial charge on any atom is -0.379 e. The molecule has 0 spiro atoms. The fraction of sp³-hybridized carbons (Fsp3) is 0.467. The fourth-order valence-electron chi connectivity index (χ4n) is 2.56. The summed E-state index contributed by atoms with van der Waals surface area (Å²) in [6.07, 6.45) is 0. The Hall–Kier alpha value is -1.97. The van der Waals surface area contributed by atoms with E-state index < -0.39 is 14.9 Å². The zero-order valence-corrected chi connectivity index (χ0v) is 14.6. The molecule has 24 heavy (non-hydrogen) atoms. The highest BCUT2D eigenvalue weighted by molar-refractivity contribution is 7.89. The van der Waals surface area contributed by atoms with Crippen LogP contribution < -0.4 is 4.90 Å². The maximum absolute atomic E-state index is 12.6. The molecule has 0 amide bonds. The number of nitrogens with zero attached hydrogens (tertiary/aromatic N) is 3. The minimum absolute atomic E-state index is 0.0800. The van der Waals surface area contributed by atoms with Gasteiger partial charge in [0, 0.05) is 32.7 Å². The number of hydrogen-bond acceptors (Lipinski definition) is 6.